The number of rotatable bonds is 3. The van der Waals surface area contributed by atoms with E-state index >= 15 is 0 Å². The van der Waals surface area contributed by atoms with Gasteiger partial charge in [-0.3, -0.25) is 4.98 Å². The lowest BCUT2D eigenvalue weighted by Gasteiger charge is -2.07. The van der Waals surface area contributed by atoms with Crippen LogP contribution in [0.15, 0.2) is 18.3 Å². The number of carbonyl (C=O) groups excluding carboxylic acids is 1. The normalized spacial score (nSPS) is 12.2. The van der Waals surface area contributed by atoms with Crippen LogP contribution in [0.25, 0.3) is 0 Å². The Kier molecular flexibility index (Phi) is 3.59. The van der Waals surface area contributed by atoms with Gasteiger partial charge in [-0.15, -0.1) is 0 Å². The minimum Gasteiger partial charge on any atom is -0.467 e. The van der Waals surface area contributed by atoms with Crippen LogP contribution in [0.4, 0.5) is 0 Å². The number of hydrogen-bond donors (Lipinski definition) is 1. The Morgan fingerprint density at radius 3 is 2.86 bits per heavy atom. The number of aromatic nitrogens is 1. The fourth-order valence-electron chi connectivity index (χ4n) is 1.04. The van der Waals surface area contributed by atoms with Crippen LogP contribution in [0.2, 0.25) is 0 Å². The monoisotopic (exact) mass is 195 g/mol. The Bertz CT molecular complexity index is 308. The summed E-state index contributed by atoms with van der Waals surface area (Å²) in [6.45, 7) is 1.92. The van der Waals surface area contributed by atoms with Crippen molar-refractivity contribution in [3.63, 3.8) is 0 Å². The van der Waals surface area contributed by atoms with Crippen LogP contribution < -0.4 is 0 Å². The maximum Gasteiger partial charge on any atom is 0.335 e. The molecule has 14 heavy (non-hydrogen) atoms. The Hall–Kier alpha value is -1.42. The number of nitrogens with zero attached hydrogens (tertiary/aromatic N) is 1. The van der Waals surface area contributed by atoms with E-state index in [1.807, 2.05) is 13.0 Å². The largest absolute Gasteiger partial charge is 0.467 e. The lowest BCUT2D eigenvalue weighted by Crippen LogP contribution is -2.24. The third-order valence-electron chi connectivity index (χ3n) is 1.85. The van der Waals surface area contributed by atoms with Gasteiger partial charge in [-0.1, -0.05) is 6.07 Å². The van der Waals surface area contributed by atoms with Gasteiger partial charge in [-0.05, 0) is 18.6 Å². The van der Waals surface area contributed by atoms with Crippen molar-refractivity contribution < 1.29 is 14.6 Å². The van der Waals surface area contributed by atoms with Gasteiger partial charge in [0.2, 0.25) is 0 Å². The number of ether oxygens (including phenoxy) is 1. The summed E-state index contributed by atoms with van der Waals surface area (Å²) < 4.78 is 4.39. The van der Waals surface area contributed by atoms with Crippen molar-refractivity contribution in [3.05, 3.63) is 29.6 Å². The molecule has 1 unspecified atom stereocenters. The highest BCUT2D eigenvalue weighted by Crippen LogP contribution is 2.03. The van der Waals surface area contributed by atoms with E-state index in [1.54, 1.807) is 12.3 Å². The van der Waals surface area contributed by atoms with Crippen LogP contribution in [0, 0.1) is 6.92 Å². The van der Waals surface area contributed by atoms with E-state index in [0.717, 1.165) is 5.56 Å². The molecule has 0 aliphatic heterocycles. The van der Waals surface area contributed by atoms with Crippen LogP contribution in [0.1, 0.15) is 11.3 Å². The van der Waals surface area contributed by atoms with Gasteiger partial charge in [0.1, 0.15) is 0 Å². The highest BCUT2D eigenvalue weighted by Gasteiger charge is 2.15. The van der Waals surface area contributed by atoms with Crippen molar-refractivity contribution in [2.45, 2.75) is 19.4 Å². The van der Waals surface area contributed by atoms with Gasteiger partial charge < -0.3 is 9.84 Å². The third-order valence-corrected chi connectivity index (χ3v) is 1.85. The van der Waals surface area contributed by atoms with Crippen LogP contribution in [-0.2, 0) is 16.0 Å². The molecule has 1 aromatic rings. The first-order valence-corrected chi connectivity index (χ1v) is 4.31. The van der Waals surface area contributed by atoms with E-state index in [0.29, 0.717) is 5.69 Å². The summed E-state index contributed by atoms with van der Waals surface area (Å²) >= 11 is 0. The summed E-state index contributed by atoms with van der Waals surface area (Å²) in [5.41, 5.74) is 1.72. The number of carbonyl (C=O) groups is 1. The number of aliphatic hydroxyl groups is 1. The van der Waals surface area contributed by atoms with Gasteiger partial charge in [0.15, 0.2) is 6.10 Å². The fourth-order valence-corrected chi connectivity index (χ4v) is 1.04. The van der Waals surface area contributed by atoms with E-state index in [-0.39, 0.29) is 6.42 Å². The minimum atomic E-state index is -1.13. The van der Waals surface area contributed by atoms with Crippen molar-refractivity contribution in [2.24, 2.45) is 0 Å². The second-order valence-corrected chi connectivity index (χ2v) is 3.07. The number of methoxy groups -OCH3 is 1. The zero-order valence-electron chi connectivity index (χ0n) is 8.23. The molecule has 4 nitrogen and oxygen atoms in total. The molecule has 0 aromatic carbocycles. The standard InChI is InChI=1S/C10H13NO3/c1-7-3-4-8(11-6-7)5-9(12)10(13)14-2/h3-4,6,9,12H,5H2,1-2H3. The summed E-state index contributed by atoms with van der Waals surface area (Å²) in [6, 6.07) is 3.66. The predicted octanol–water partition coefficient (Wildman–Crippen LogP) is 0.466. The van der Waals surface area contributed by atoms with E-state index in [4.69, 9.17) is 0 Å². The van der Waals surface area contributed by atoms with Gasteiger partial charge in [-0.2, -0.15) is 0 Å². The number of esters is 1. The summed E-state index contributed by atoms with van der Waals surface area (Å²) in [5, 5.41) is 9.33. The number of pyridine rings is 1. The molecule has 1 N–H and O–H groups in total. The summed E-state index contributed by atoms with van der Waals surface area (Å²) in [6.07, 6.45) is 0.752. The summed E-state index contributed by atoms with van der Waals surface area (Å²) in [4.78, 5) is 15.0. The van der Waals surface area contributed by atoms with Gasteiger partial charge in [0.25, 0.3) is 0 Å². The number of aliphatic hydroxyl groups excluding tert-OH is 1. The van der Waals surface area contributed by atoms with E-state index < -0.39 is 12.1 Å². The molecule has 0 aliphatic carbocycles. The lowest BCUT2D eigenvalue weighted by atomic mass is 10.1. The first-order chi connectivity index (χ1) is 6.63. The molecule has 1 heterocycles. The van der Waals surface area contributed by atoms with Crippen LogP contribution >= 0.6 is 0 Å². The Morgan fingerprint density at radius 2 is 2.36 bits per heavy atom. The average molecular weight is 195 g/mol. The quantitative estimate of drug-likeness (QED) is 0.712. The SMILES string of the molecule is COC(=O)C(O)Cc1ccc(C)cn1. The molecular formula is C10H13NO3. The Morgan fingerprint density at radius 1 is 1.64 bits per heavy atom. The molecule has 1 atom stereocenters. The highest BCUT2D eigenvalue weighted by molar-refractivity contribution is 5.74. The molecule has 1 aromatic heterocycles. The van der Waals surface area contributed by atoms with Gasteiger partial charge in [0.05, 0.1) is 7.11 Å². The molecule has 0 bridgehead atoms. The zero-order valence-corrected chi connectivity index (χ0v) is 8.23. The maximum atomic E-state index is 10.9. The van der Waals surface area contributed by atoms with Crippen molar-refractivity contribution >= 4 is 5.97 Å². The molecule has 0 amide bonds. The van der Waals surface area contributed by atoms with Crippen molar-refractivity contribution in [2.75, 3.05) is 7.11 Å². The third kappa shape index (κ3) is 2.81. The average Bonchev–Trinajstić information content (AvgIpc) is 2.20. The van der Waals surface area contributed by atoms with Crippen LogP contribution in [0.3, 0.4) is 0 Å². The maximum absolute atomic E-state index is 10.9. The summed E-state index contributed by atoms with van der Waals surface area (Å²) in [5.74, 6) is -0.632. The Balaban J connectivity index is 2.60. The topological polar surface area (TPSA) is 59.4 Å². The van der Waals surface area contributed by atoms with Gasteiger partial charge in [-0.25, -0.2) is 4.79 Å². The lowest BCUT2D eigenvalue weighted by molar-refractivity contribution is -0.150. The fraction of sp³-hybridized carbons (Fsp3) is 0.400. The molecule has 0 saturated heterocycles. The zero-order chi connectivity index (χ0) is 10.6. The number of hydrogen-bond acceptors (Lipinski definition) is 4. The molecule has 0 fully saturated rings. The van der Waals surface area contributed by atoms with Crippen molar-refractivity contribution in [1.82, 2.24) is 4.98 Å². The van der Waals surface area contributed by atoms with Crippen molar-refractivity contribution in [1.29, 1.82) is 0 Å². The second kappa shape index (κ2) is 4.72. The molecule has 1 rings (SSSR count). The first kappa shape index (κ1) is 10.7. The molecular weight excluding hydrogens is 182 g/mol. The van der Waals surface area contributed by atoms with Crippen molar-refractivity contribution in [3.8, 4) is 0 Å². The van der Waals surface area contributed by atoms with E-state index in [2.05, 4.69) is 9.72 Å². The molecule has 0 aliphatic rings. The van der Waals surface area contributed by atoms with E-state index in [1.165, 1.54) is 7.11 Å². The number of aryl methyl sites for hydroxylation is 1. The first-order valence-electron chi connectivity index (χ1n) is 4.31. The smallest absolute Gasteiger partial charge is 0.335 e. The van der Waals surface area contributed by atoms with Gasteiger partial charge >= 0.3 is 5.97 Å². The van der Waals surface area contributed by atoms with Crippen LogP contribution in [-0.4, -0.2) is 29.3 Å². The molecule has 0 saturated carbocycles. The predicted molar refractivity (Wildman–Crippen MR) is 50.7 cm³/mol. The molecule has 0 radical (unpaired) electrons. The molecule has 0 spiro atoms. The molecule has 4 heteroatoms. The second-order valence-electron chi connectivity index (χ2n) is 3.07. The molecule has 76 valence electrons. The van der Waals surface area contributed by atoms with Gasteiger partial charge in [0, 0.05) is 18.3 Å². The van der Waals surface area contributed by atoms with Crippen LogP contribution in [0.5, 0.6) is 0 Å². The van der Waals surface area contributed by atoms with E-state index in [9.17, 15) is 9.90 Å². The Labute approximate surface area is 82.5 Å². The minimum absolute atomic E-state index is 0.187. The highest BCUT2D eigenvalue weighted by atomic mass is 16.5. The summed E-state index contributed by atoms with van der Waals surface area (Å²) in [7, 11) is 1.24.